The number of piperidine rings is 1. The van der Waals surface area contributed by atoms with Gasteiger partial charge in [-0.05, 0) is 18.9 Å². The summed E-state index contributed by atoms with van der Waals surface area (Å²) in [6, 6.07) is 0.443. The van der Waals surface area contributed by atoms with Crippen molar-refractivity contribution in [2.24, 2.45) is 5.92 Å². The maximum absolute atomic E-state index is 13.8. The van der Waals surface area contributed by atoms with Crippen LogP contribution in [0.3, 0.4) is 0 Å². The van der Waals surface area contributed by atoms with Gasteiger partial charge in [-0.25, -0.2) is 8.78 Å². The van der Waals surface area contributed by atoms with Gasteiger partial charge in [0, 0.05) is 19.0 Å². The van der Waals surface area contributed by atoms with Crippen molar-refractivity contribution in [3.8, 4) is 5.75 Å². The molecule has 0 saturated carbocycles. The number of halogens is 3. The lowest BCUT2D eigenvalue weighted by molar-refractivity contribution is 0.0226. The Labute approximate surface area is 119 Å². The number of carbonyl (C=O) groups is 1. The molecule has 1 amide bonds. The summed E-state index contributed by atoms with van der Waals surface area (Å²) >= 11 is 0. The van der Waals surface area contributed by atoms with E-state index >= 15 is 0 Å². The highest BCUT2D eigenvalue weighted by Crippen LogP contribution is 2.28. The molecule has 0 bridgehead atoms. The van der Waals surface area contributed by atoms with Crippen LogP contribution >= 0.6 is 0 Å². The Kier molecular flexibility index (Phi) is 4.41. The molecule has 4 nitrogen and oxygen atoms in total. The lowest BCUT2D eigenvalue weighted by Gasteiger charge is -2.35. The lowest BCUT2D eigenvalue weighted by Crippen LogP contribution is -2.46. The van der Waals surface area contributed by atoms with Gasteiger partial charge >= 0.3 is 0 Å². The first kappa shape index (κ1) is 15.6. The Morgan fingerprint density at radius 2 is 2.05 bits per heavy atom. The number of likely N-dealkylation sites (tertiary alicyclic amines) is 1. The average molecular weight is 303 g/mol. The van der Waals surface area contributed by atoms with Crippen LogP contribution < -0.4 is 0 Å². The second kappa shape index (κ2) is 5.93. The summed E-state index contributed by atoms with van der Waals surface area (Å²) in [7, 11) is 0. The molecule has 1 fully saturated rings. The van der Waals surface area contributed by atoms with Crippen molar-refractivity contribution in [2.45, 2.75) is 25.9 Å². The topological polar surface area (TPSA) is 60.8 Å². The number of nitrogens with zero attached hydrogens (tertiary/aromatic N) is 1. The molecular weight excluding hydrogens is 287 g/mol. The van der Waals surface area contributed by atoms with Gasteiger partial charge in [0.1, 0.15) is 0 Å². The largest absolute Gasteiger partial charge is 0.503 e. The van der Waals surface area contributed by atoms with Crippen molar-refractivity contribution in [3.63, 3.8) is 0 Å². The first-order valence-corrected chi connectivity index (χ1v) is 6.70. The van der Waals surface area contributed by atoms with Crippen molar-refractivity contribution in [1.82, 2.24) is 4.90 Å². The van der Waals surface area contributed by atoms with Crippen molar-refractivity contribution in [2.75, 3.05) is 13.1 Å². The summed E-state index contributed by atoms with van der Waals surface area (Å²) in [6.07, 6.45) is 0.431. The highest BCUT2D eigenvalue weighted by molar-refractivity contribution is 5.95. The van der Waals surface area contributed by atoms with Gasteiger partial charge in [0.25, 0.3) is 5.91 Å². The molecule has 2 N–H and O–H groups in total. The molecule has 0 aliphatic carbocycles. The van der Waals surface area contributed by atoms with Crippen LogP contribution in [0.15, 0.2) is 6.07 Å². The van der Waals surface area contributed by atoms with Crippen molar-refractivity contribution in [3.05, 3.63) is 29.1 Å². The number of hydrogen-bond donors (Lipinski definition) is 2. The number of benzene rings is 1. The summed E-state index contributed by atoms with van der Waals surface area (Å²) in [5, 5.41) is 18.9. The van der Waals surface area contributed by atoms with Gasteiger partial charge < -0.3 is 15.1 Å². The van der Waals surface area contributed by atoms with Gasteiger partial charge in [-0.15, -0.1) is 0 Å². The van der Waals surface area contributed by atoms with Crippen LogP contribution in [0, 0.1) is 23.4 Å². The predicted octanol–water partition coefficient (Wildman–Crippen LogP) is 2.04. The number of rotatable bonds is 2. The van der Waals surface area contributed by atoms with E-state index in [0.717, 1.165) is 0 Å². The van der Waals surface area contributed by atoms with E-state index in [2.05, 4.69) is 0 Å². The summed E-state index contributed by atoms with van der Waals surface area (Å²) in [5.74, 6) is -7.15. The van der Waals surface area contributed by atoms with Gasteiger partial charge in [0.2, 0.25) is 5.82 Å². The minimum Gasteiger partial charge on any atom is -0.503 e. The Balaban J connectivity index is 2.29. The molecule has 1 aromatic rings. The second-order valence-electron chi connectivity index (χ2n) is 5.16. The van der Waals surface area contributed by atoms with Crippen molar-refractivity contribution in [1.29, 1.82) is 0 Å². The maximum atomic E-state index is 13.8. The van der Waals surface area contributed by atoms with Crippen LogP contribution in [0.5, 0.6) is 5.75 Å². The Morgan fingerprint density at radius 3 is 2.67 bits per heavy atom. The van der Waals surface area contributed by atoms with E-state index in [1.165, 1.54) is 4.90 Å². The molecule has 2 atom stereocenters. The van der Waals surface area contributed by atoms with Crippen LogP contribution in [-0.4, -0.2) is 40.2 Å². The van der Waals surface area contributed by atoms with Crippen molar-refractivity contribution >= 4 is 5.91 Å². The predicted molar refractivity (Wildman–Crippen MR) is 68.3 cm³/mol. The molecule has 116 valence electrons. The molecule has 1 aliphatic rings. The fourth-order valence-corrected chi connectivity index (χ4v) is 2.52. The zero-order chi connectivity index (χ0) is 15.7. The normalized spacial score (nSPS) is 22.4. The number of aliphatic hydroxyl groups excluding tert-OH is 1. The fourth-order valence-electron chi connectivity index (χ4n) is 2.52. The van der Waals surface area contributed by atoms with E-state index in [9.17, 15) is 23.1 Å². The third-order valence-corrected chi connectivity index (χ3v) is 3.87. The quantitative estimate of drug-likeness (QED) is 0.822. The van der Waals surface area contributed by atoms with Gasteiger partial charge in [-0.1, -0.05) is 6.92 Å². The van der Waals surface area contributed by atoms with E-state index in [1.54, 1.807) is 0 Å². The SMILES string of the molecule is CCC1CN(C(=O)c2cc(F)c(F)c(O)c2F)CCC1O. The molecule has 1 aromatic carbocycles. The third kappa shape index (κ3) is 2.83. The highest BCUT2D eigenvalue weighted by atomic mass is 19.2. The minimum absolute atomic E-state index is 0.148. The van der Waals surface area contributed by atoms with Gasteiger partial charge in [-0.2, -0.15) is 4.39 Å². The highest BCUT2D eigenvalue weighted by Gasteiger charge is 2.32. The zero-order valence-electron chi connectivity index (χ0n) is 11.4. The second-order valence-corrected chi connectivity index (χ2v) is 5.16. The number of amides is 1. The fraction of sp³-hybridized carbons (Fsp3) is 0.500. The Morgan fingerprint density at radius 1 is 1.38 bits per heavy atom. The molecular formula is C14H16F3NO3. The molecule has 2 unspecified atom stereocenters. The zero-order valence-corrected chi connectivity index (χ0v) is 11.4. The summed E-state index contributed by atoms with van der Waals surface area (Å²) in [4.78, 5) is 13.5. The molecule has 7 heteroatoms. The number of aliphatic hydroxyl groups is 1. The van der Waals surface area contributed by atoms with Crippen LogP contribution in [0.2, 0.25) is 0 Å². The van der Waals surface area contributed by atoms with E-state index in [1.807, 2.05) is 6.92 Å². The van der Waals surface area contributed by atoms with Crippen LogP contribution in [0.1, 0.15) is 30.1 Å². The molecule has 1 heterocycles. The minimum atomic E-state index is -1.72. The summed E-state index contributed by atoms with van der Waals surface area (Å²) in [6.45, 7) is 2.25. The summed E-state index contributed by atoms with van der Waals surface area (Å²) < 4.78 is 40.0. The molecule has 1 aliphatic heterocycles. The van der Waals surface area contributed by atoms with E-state index < -0.39 is 40.8 Å². The van der Waals surface area contributed by atoms with Gasteiger partial charge in [-0.3, -0.25) is 4.79 Å². The van der Waals surface area contributed by atoms with E-state index in [0.29, 0.717) is 18.9 Å². The standard InChI is InChI=1S/C14H16F3NO3/c1-2-7-6-18(4-3-10(7)19)14(21)8-5-9(15)12(17)13(20)11(8)16/h5,7,10,19-20H,2-4,6H2,1H3. The third-order valence-electron chi connectivity index (χ3n) is 3.87. The smallest absolute Gasteiger partial charge is 0.257 e. The molecule has 0 spiro atoms. The monoisotopic (exact) mass is 303 g/mol. The Hall–Kier alpha value is -1.76. The first-order chi connectivity index (χ1) is 9.86. The van der Waals surface area contributed by atoms with Crippen LogP contribution in [-0.2, 0) is 0 Å². The average Bonchev–Trinajstić information content (AvgIpc) is 2.48. The van der Waals surface area contributed by atoms with E-state index in [4.69, 9.17) is 5.11 Å². The van der Waals surface area contributed by atoms with Gasteiger partial charge in [0.05, 0.1) is 11.7 Å². The maximum Gasteiger partial charge on any atom is 0.257 e. The molecule has 21 heavy (non-hydrogen) atoms. The van der Waals surface area contributed by atoms with Crippen LogP contribution in [0.4, 0.5) is 13.2 Å². The number of aromatic hydroxyl groups is 1. The lowest BCUT2D eigenvalue weighted by atomic mass is 9.92. The number of phenolic OH excluding ortho intramolecular Hbond substituents is 1. The molecule has 0 radical (unpaired) electrons. The molecule has 0 aromatic heterocycles. The Bertz CT molecular complexity index is 565. The number of phenols is 1. The van der Waals surface area contributed by atoms with Crippen molar-refractivity contribution < 1.29 is 28.2 Å². The van der Waals surface area contributed by atoms with E-state index in [-0.39, 0.29) is 19.0 Å². The molecule has 2 rings (SSSR count). The van der Waals surface area contributed by atoms with Gasteiger partial charge in [0.15, 0.2) is 17.4 Å². The summed E-state index contributed by atoms with van der Waals surface area (Å²) in [5.41, 5.74) is -0.711. The number of hydrogen-bond acceptors (Lipinski definition) is 3. The molecule has 1 saturated heterocycles. The number of carbonyl (C=O) groups excluding carboxylic acids is 1. The van der Waals surface area contributed by atoms with Crippen LogP contribution in [0.25, 0.3) is 0 Å². The first-order valence-electron chi connectivity index (χ1n) is 6.70.